The number of aromatic nitrogens is 1. The zero-order valence-electron chi connectivity index (χ0n) is 16.5. The first-order valence-electron chi connectivity index (χ1n) is 9.49. The molecule has 0 spiro atoms. The number of amides is 1. The summed E-state index contributed by atoms with van der Waals surface area (Å²) in [6, 6.07) is 5.49. The van der Waals surface area contributed by atoms with Crippen molar-refractivity contribution in [3.8, 4) is 0 Å². The highest BCUT2D eigenvalue weighted by atomic mass is 16.5. The van der Waals surface area contributed by atoms with E-state index < -0.39 is 11.9 Å². The number of benzene rings is 1. The normalized spacial score (nSPS) is 20.2. The van der Waals surface area contributed by atoms with E-state index in [2.05, 4.69) is 18.4 Å². The Morgan fingerprint density at radius 2 is 2.04 bits per heavy atom. The smallest absolute Gasteiger partial charge is 0.308 e. The van der Waals surface area contributed by atoms with E-state index in [0.29, 0.717) is 25.1 Å². The second kappa shape index (κ2) is 7.72. The van der Waals surface area contributed by atoms with Crippen LogP contribution in [0, 0.1) is 19.8 Å². The molecule has 2 atom stereocenters. The molecule has 0 aliphatic carbocycles. The van der Waals surface area contributed by atoms with Gasteiger partial charge in [0.05, 0.1) is 12.5 Å². The van der Waals surface area contributed by atoms with E-state index in [0.717, 1.165) is 29.4 Å². The van der Waals surface area contributed by atoms with Crippen molar-refractivity contribution in [2.75, 3.05) is 20.3 Å². The van der Waals surface area contributed by atoms with E-state index in [9.17, 15) is 14.7 Å². The molecule has 6 nitrogen and oxygen atoms in total. The Balaban J connectivity index is 1.94. The first-order valence-corrected chi connectivity index (χ1v) is 9.49. The minimum Gasteiger partial charge on any atom is -0.481 e. The fourth-order valence-corrected chi connectivity index (χ4v) is 4.18. The molecule has 1 N–H and O–H groups in total. The predicted octanol–water partition coefficient (Wildman–Crippen LogP) is 3.23. The second-order valence-electron chi connectivity index (χ2n) is 7.41. The summed E-state index contributed by atoms with van der Waals surface area (Å²) in [4.78, 5) is 26.3. The van der Waals surface area contributed by atoms with Crippen LogP contribution in [0.5, 0.6) is 0 Å². The molecule has 0 saturated carbocycles. The van der Waals surface area contributed by atoms with Crippen LogP contribution in [-0.4, -0.2) is 52.8 Å². The highest BCUT2D eigenvalue weighted by molar-refractivity contribution is 5.99. The molecule has 0 unspecified atom stereocenters. The van der Waals surface area contributed by atoms with Crippen molar-refractivity contribution in [2.45, 2.75) is 46.2 Å². The summed E-state index contributed by atoms with van der Waals surface area (Å²) in [6.07, 6.45) is 1.35. The van der Waals surface area contributed by atoms with Gasteiger partial charge in [-0.3, -0.25) is 9.59 Å². The average molecular weight is 372 g/mol. The molecule has 1 aromatic heterocycles. The molecule has 6 heteroatoms. The Hall–Kier alpha value is -2.34. The first kappa shape index (κ1) is 19.4. The Kier molecular flexibility index (Phi) is 5.56. The number of aryl methyl sites for hydroxylation is 1. The maximum Gasteiger partial charge on any atom is 0.308 e. The summed E-state index contributed by atoms with van der Waals surface area (Å²) in [7, 11) is 1.69. The van der Waals surface area contributed by atoms with Crippen LogP contribution in [-0.2, 0) is 16.1 Å². The van der Waals surface area contributed by atoms with E-state index in [1.165, 1.54) is 5.69 Å². The van der Waals surface area contributed by atoms with Gasteiger partial charge in [0.1, 0.15) is 0 Å². The van der Waals surface area contributed by atoms with Gasteiger partial charge in [-0.15, -0.1) is 0 Å². The number of fused-ring (bicyclic) bond motifs is 1. The van der Waals surface area contributed by atoms with Gasteiger partial charge in [0.2, 0.25) is 0 Å². The van der Waals surface area contributed by atoms with E-state index in [1.807, 2.05) is 25.1 Å². The predicted molar refractivity (Wildman–Crippen MR) is 104 cm³/mol. The number of likely N-dealkylation sites (tertiary alicyclic amines) is 1. The standard InChI is InChI=1S/C21H28N2O4/c1-13-14(2)22(10-11-27-4)19-8-7-16(12-18(13)19)20(24)23-9-5-6-17(15(23)3)21(25)26/h7-8,12,15,17H,5-6,9-11H2,1-4H3,(H,25,26)/t15-,17-/m0/s1. The van der Waals surface area contributed by atoms with E-state index >= 15 is 0 Å². The summed E-state index contributed by atoms with van der Waals surface area (Å²) >= 11 is 0. The molecule has 1 aromatic carbocycles. The average Bonchev–Trinajstić information content (AvgIpc) is 2.89. The van der Waals surface area contributed by atoms with Gasteiger partial charge in [0.25, 0.3) is 5.91 Å². The molecule has 1 fully saturated rings. The summed E-state index contributed by atoms with van der Waals surface area (Å²) in [6.45, 7) is 7.99. The van der Waals surface area contributed by atoms with Crippen LogP contribution in [0.1, 0.15) is 41.4 Å². The number of hydrogen-bond donors (Lipinski definition) is 1. The summed E-state index contributed by atoms with van der Waals surface area (Å²) in [5.41, 5.74) is 4.04. The van der Waals surface area contributed by atoms with Crippen molar-refractivity contribution in [1.82, 2.24) is 9.47 Å². The second-order valence-corrected chi connectivity index (χ2v) is 7.41. The lowest BCUT2D eigenvalue weighted by Gasteiger charge is -2.37. The molecule has 2 heterocycles. The molecule has 1 amide bonds. The van der Waals surface area contributed by atoms with Crippen LogP contribution in [0.4, 0.5) is 0 Å². The quantitative estimate of drug-likeness (QED) is 0.875. The SMILES string of the molecule is COCCn1c(C)c(C)c2cc(C(=O)N3CCC[C@H](C(=O)O)[C@@H]3C)ccc21. The zero-order valence-corrected chi connectivity index (χ0v) is 16.5. The minimum atomic E-state index is -0.822. The molecule has 2 aromatic rings. The van der Waals surface area contributed by atoms with Gasteiger partial charge in [-0.2, -0.15) is 0 Å². The summed E-state index contributed by atoms with van der Waals surface area (Å²) in [5.74, 6) is -1.40. The fourth-order valence-electron chi connectivity index (χ4n) is 4.18. The number of carbonyl (C=O) groups excluding carboxylic acids is 1. The molecule has 3 rings (SSSR count). The number of rotatable bonds is 5. The largest absolute Gasteiger partial charge is 0.481 e. The molecule has 1 saturated heterocycles. The Bertz CT molecular complexity index is 871. The fraction of sp³-hybridized carbons (Fsp3) is 0.524. The van der Waals surface area contributed by atoms with Gasteiger partial charge in [-0.1, -0.05) is 0 Å². The molecule has 0 bridgehead atoms. The number of nitrogens with zero attached hydrogens (tertiary/aromatic N) is 2. The molecular formula is C21H28N2O4. The minimum absolute atomic E-state index is 0.0861. The Morgan fingerprint density at radius 1 is 1.30 bits per heavy atom. The topological polar surface area (TPSA) is 71.8 Å². The number of piperidine rings is 1. The number of carboxylic acid groups (broad SMARTS) is 1. The zero-order chi connectivity index (χ0) is 19.7. The van der Waals surface area contributed by atoms with Crippen molar-refractivity contribution in [1.29, 1.82) is 0 Å². The van der Waals surface area contributed by atoms with Crippen LogP contribution < -0.4 is 0 Å². The lowest BCUT2D eigenvalue weighted by atomic mass is 9.89. The van der Waals surface area contributed by atoms with Gasteiger partial charge in [0.15, 0.2) is 0 Å². The van der Waals surface area contributed by atoms with Gasteiger partial charge in [-0.25, -0.2) is 0 Å². The molecule has 27 heavy (non-hydrogen) atoms. The molecule has 0 radical (unpaired) electrons. The molecular weight excluding hydrogens is 344 g/mol. The number of methoxy groups -OCH3 is 1. The summed E-state index contributed by atoms with van der Waals surface area (Å²) in [5, 5.41) is 10.5. The van der Waals surface area contributed by atoms with Crippen molar-refractivity contribution < 1.29 is 19.4 Å². The van der Waals surface area contributed by atoms with E-state index in [-0.39, 0.29) is 11.9 Å². The third-order valence-corrected chi connectivity index (χ3v) is 5.97. The first-order chi connectivity index (χ1) is 12.9. The lowest BCUT2D eigenvalue weighted by Crippen LogP contribution is -2.49. The highest BCUT2D eigenvalue weighted by Gasteiger charge is 2.35. The van der Waals surface area contributed by atoms with Crippen molar-refractivity contribution in [2.24, 2.45) is 5.92 Å². The van der Waals surface area contributed by atoms with Crippen LogP contribution in [0.15, 0.2) is 18.2 Å². The third-order valence-electron chi connectivity index (χ3n) is 5.97. The number of aliphatic carboxylic acids is 1. The van der Waals surface area contributed by atoms with Crippen LogP contribution in [0.25, 0.3) is 10.9 Å². The Labute approximate surface area is 159 Å². The van der Waals surface area contributed by atoms with E-state index in [1.54, 1.807) is 12.0 Å². The van der Waals surface area contributed by atoms with Crippen molar-refractivity contribution >= 4 is 22.8 Å². The van der Waals surface area contributed by atoms with Crippen LogP contribution in [0.3, 0.4) is 0 Å². The number of ether oxygens (including phenoxy) is 1. The van der Waals surface area contributed by atoms with Crippen molar-refractivity contribution in [3.63, 3.8) is 0 Å². The van der Waals surface area contributed by atoms with Gasteiger partial charge < -0.3 is 19.3 Å². The Morgan fingerprint density at radius 3 is 2.70 bits per heavy atom. The van der Waals surface area contributed by atoms with Crippen LogP contribution in [0.2, 0.25) is 0 Å². The van der Waals surface area contributed by atoms with Crippen molar-refractivity contribution in [3.05, 3.63) is 35.0 Å². The van der Waals surface area contributed by atoms with E-state index in [4.69, 9.17) is 4.74 Å². The third kappa shape index (κ3) is 3.46. The monoisotopic (exact) mass is 372 g/mol. The maximum atomic E-state index is 13.1. The number of hydrogen-bond acceptors (Lipinski definition) is 3. The van der Waals surface area contributed by atoms with Crippen LogP contribution >= 0.6 is 0 Å². The van der Waals surface area contributed by atoms with Gasteiger partial charge >= 0.3 is 5.97 Å². The molecule has 1 aliphatic rings. The van der Waals surface area contributed by atoms with Gasteiger partial charge in [-0.05, 0) is 57.4 Å². The van der Waals surface area contributed by atoms with Gasteiger partial charge in [0, 0.05) is 48.4 Å². The molecule has 1 aliphatic heterocycles. The maximum absolute atomic E-state index is 13.1. The number of carboxylic acids is 1. The highest BCUT2D eigenvalue weighted by Crippen LogP contribution is 2.29. The summed E-state index contributed by atoms with van der Waals surface area (Å²) < 4.78 is 7.43. The number of carbonyl (C=O) groups is 2. The lowest BCUT2D eigenvalue weighted by molar-refractivity contribution is -0.144. The molecule has 146 valence electrons.